The molecule has 0 aliphatic carbocycles. The first-order chi connectivity index (χ1) is 3.73. The molecule has 0 radical (unpaired) electrons. The van der Waals surface area contributed by atoms with Crippen LogP contribution in [-0.2, 0) is 10.4 Å². The predicted molar refractivity (Wildman–Crippen MR) is 33.3 cm³/mol. The number of hydrogen-bond acceptors (Lipinski definition) is 4. The second-order valence-electron chi connectivity index (χ2n) is 0.686. The lowest BCUT2D eigenvalue weighted by molar-refractivity contribution is -0.742. The largest absolute Gasteiger partial charge is 0.394 e. The second-order valence-corrected chi connectivity index (χ2v) is 1.58. The Morgan fingerprint density at radius 1 is 1.30 bits per heavy atom. The van der Waals surface area contributed by atoms with E-state index in [0.29, 0.717) is 0 Å². The van der Waals surface area contributed by atoms with Crippen molar-refractivity contribution in [1.29, 1.82) is 0 Å². The van der Waals surface area contributed by atoms with E-state index in [-0.39, 0.29) is 13.5 Å². The van der Waals surface area contributed by atoms with Gasteiger partial charge in [0, 0.05) is 0 Å². The van der Waals surface area contributed by atoms with Crippen LogP contribution in [0.15, 0.2) is 0 Å². The molecule has 0 aromatic heterocycles. The van der Waals surface area contributed by atoms with Crippen molar-refractivity contribution in [3.8, 4) is 0 Å². The van der Waals surface area contributed by atoms with Crippen LogP contribution in [-0.4, -0.2) is 27.8 Å². The summed E-state index contributed by atoms with van der Waals surface area (Å²) < 4.78 is 31.6. The fraction of sp³-hybridized carbons (Fsp3) is 0. The molecule has 0 unspecified atom stereocenters. The van der Waals surface area contributed by atoms with E-state index in [2.05, 4.69) is 0 Å². The lowest BCUT2D eigenvalue weighted by atomic mass is 13.1. The quantitative estimate of drug-likeness (QED) is 0.259. The monoisotopic (exact) mass is 195 g/mol. The van der Waals surface area contributed by atoms with Gasteiger partial charge in [-0.2, -0.15) is 21.9 Å². The van der Waals surface area contributed by atoms with Gasteiger partial charge < -0.3 is 5.21 Å². The Balaban J connectivity index is -0.0000000910. The molecule has 0 aromatic rings. The van der Waals surface area contributed by atoms with E-state index >= 15 is 0 Å². The average molecular weight is 195 g/mol. The number of rotatable bonds is 0. The highest BCUT2D eigenvalue weighted by atomic mass is 32.3. The van der Waals surface area contributed by atoms with Crippen molar-refractivity contribution in [2.75, 3.05) is 0 Å². The van der Waals surface area contributed by atoms with Crippen molar-refractivity contribution in [2.45, 2.75) is 0 Å². The summed E-state index contributed by atoms with van der Waals surface area (Å²) in [4.78, 5) is 8.36. The van der Waals surface area contributed by atoms with Gasteiger partial charge in [-0.3, -0.25) is 9.11 Å². The highest BCUT2D eigenvalue weighted by Crippen LogP contribution is 1.59. The molecular formula is H5NO7S2. The van der Waals surface area contributed by atoms with Gasteiger partial charge in [-0.05, 0) is 0 Å². The maximum absolute atomic E-state index is 8.74. The molecule has 0 aliphatic heterocycles. The highest BCUT2D eigenvalue weighted by Gasteiger charge is 1.84. The standard InChI is InChI=1S/HNO3.H2O4S.H2S/c2-1(3)4;1-5(2,3)4;/h(H,2,3,4);(H2,1,2,3,4);1H2. The third-order valence-corrected chi connectivity index (χ3v) is 0. The molecule has 0 aliphatic rings. The topological polar surface area (TPSA) is 138 Å². The summed E-state index contributed by atoms with van der Waals surface area (Å²) in [5.74, 6) is 0. The lowest BCUT2D eigenvalue weighted by Crippen LogP contribution is -1.89. The van der Waals surface area contributed by atoms with Crippen LogP contribution >= 0.6 is 13.5 Å². The maximum Gasteiger partial charge on any atom is 0.394 e. The van der Waals surface area contributed by atoms with Crippen molar-refractivity contribution >= 4 is 23.9 Å². The zero-order chi connectivity index (χ0) is 8.08. The minimum Gasteiger partial charge on any atom is -0.328 e. The van der Waals surface area contributed by atoms with Crippen LogP contribution < -0.4 is 0 Å². The van der Waals surface area contributed by atoms with Gasteiger partial charge >= 0.3 is 10.4 Å². The zero-order valence-electron chi connectivity index (χ0n) is 4.33. The zero-order valence-corrected chi connectivity index (χ0v) is 6.15. The van der Waals surface area contributed by atoms with Gasteiger partial charge in [-0.25, -0.2) is 0 Å². The van der Waals surface area contributed by atoms with Crippen LogP contribution in [0.2, 0.25) is 0 Å². The Hall–Kier alpha value is -0.580. The summed E-state index contributed by atoms with van der Waals surface area (Å²) in [6, 6.07) is 0. The first kappa shape index (κ1) is 16.2. The van der Waals surface area contributed by atoms with Gasteiger partial charge in [-0.15, -0.1) is 10.1 Å². The average Bonchev–Trinajstić information content (AvgIpc) is 1.19. The molecule has 0 atom stereocenters. The van der Waals surface area contributed by atoms with Crippen LogP contribution in [0.1, 0.15) is 0 Å². The van der Waals surface area contributed by atoms with E-state index in [9.17, 15) is 0 Å². The van der Waals surface area contributed by atoms with E-state index < -0.39 is 15.5 Å². The van der Waals surface area contributed by atoms with Crippen molar-refractivity contribution in [3.63, 3.8) is 0 Å². The van der Waals surface area contributed by atoms with E-state index in [1.54, 1.807) is 0 Å². The molecule has 0 spiro atoms. The van der Waals surface area contributed by atoms with Crippen LogP contribution in [0, 0.1) is 10.1 Å². The molecular weight excluding hydrogens is 190 g/mol. The van der Waals surface area contributed by atoms with Gasteiger partial charge in [0.15, 0.2) is 0 Å². The molecule has 0 saturated heterocycles. The fourth-order valence-corrected chi connectivity index (χ4v) is 0. The summed E-state index contributed by atoms with van der Waals surface area (Å²) in [7, 11) is -4.67. The molecule has 0 saturated carbocycles. The van der Waals surface area contributed by atoms with E-state index in [4.69, 9.17) is 32.8 Å². The maximum atomic E-state index is 8.74. The SMILES string of the molecule is O=S(=O)(O)O.O=[N+]([O-])O.S. The fourth-order valence-electron chi connectivity index (χ4n) is 0. The summed E-state index contributed by atoms with van der Waals surface area (Å²) in [5, 5.41) is 13.6. The third-order valence-electron chi connectivity index (χ3n) is 0. The Bertz CT molecular complexity index is 154. The highest BCUT2D eigenvalue weighted by molar-refractivity contribution is 7.79. The van der Waals surface area contributed by atoms with Crippen molar-refractivity contribution in [3.05, 3.63) is 10.1 Å². The van der Waals surface area contributed by atoms with E-state index in [1.165, 1.54) is 0 Å². The molecule has 0 rings (SSSR count). The Labute approximate surface area is 62.6 Å². The smallest absolute Gasteiger partial charge is 0.328 e. The van der Waals surface area contributed by atoms with Crippen LogP contribution in [0.5, 0.6) is 0 Å². The minimum absolute atomic E-state index is 0. The molecule has 0 amide bonds. The van der Waals surface area contributed by atoms with Crippen LogP contribution in [0.3, 0.4) is 0 Å². The molecule has 0 fully saturated rings. The molecule has 0 bridgehead atoms. The summed E-state index contributed by atoms with van der Waals surface area (Å²) >= 11 is 0. The summed E-state index contributed by atoms with van der Waals surface area (Å²) in [6.45, 7) is 0. The van der Waals surface area contributed by atoms with Gasteiger partial charge in [0.25, 0.3) is 5.09 Å². The molecule has 64 valence electrons. The molecule has 3 N–H and O–H groups in total. The normalized spacial score (nSPS) is 8.20. The minimum atomic E-state index is -4.67. The number of hydrogen-bond donors (Lipinski definition) is 3. The number of nitrogens with zero attached hydrogens (tertiary/aromatic N) is 1. The van der Waals surface area contributed by atoms with Crippen molar-refractivity contribution < 1.29 is 27.8 Å². The molecule has 8 nitrogen and oxygen atoms in total. The van der Waals surface area contributed by atoms with Crippen LogP contribution in [0.4, 0.5) is 0 Å². The van der Waals surface area contributed by atoms with Gasteiger partial charge in [0.1, 0.15) is 0 Å². The van der Waals surface area contributed by atoms with Crippen LogP contribution in [0.25, 0.3) is 0 Å². The summed E-state index contributed by atoms with van der Waals surface area (Å²) in [5.41, 5.74) is 0. The second kappa shape index (κ2) is 6.54. The molecule has 0 heterocycles. The summed E-state index contributed by atoms with van der Waals surface area (Å²) in [6.07, 6.45) is 0. The first-order valence-electron chi connectivity index (χ1n) is 1.26. The van der Waals surface area contributed by atoms with Crippen molar-refractivity contribution in [2.24, 2.45) is 0 Å². The Morgan fingerprint density at radius 3 is 1.30 bits per heavy atom. The molecule has 0 aromatic carbocycles. The Morgan fingerprint density at radius 2 is 1.30 bits per heavy atom. The first-order valence-corrected chi connectivity index (χ1v) is 2.66. The van der Waals surface area contributed by atoms with Gasteiger partial charge in [-0.1, -0.05) is 0 Å². The molecule has 10 heavy (non-hydrogen) atoms. The third kappa shape index (κ3) is 909. The van der Waals surface area contributed by atoms with E-state index in [0.717, 1.165) is 0 Å². The predicted octanol–water partition coefficient (Wildman–Crippen LogP) is -0.888. The van der Waals surface area contributed by atoms with E-state index in [1.807, 2.05) is 0 Å². The lowest BCUT2D eigenvalue weighted by Gasteiger charge is -1.68. The Kier molecular flexibility index (Phi) is 10.6. The van der Waals surface area contributed by atoms with Gasteiger partial charge in [0.2, 0.25) is 0 Å². The van der Waals surface area contributed by atoms with Crippen molar-refractivity contribution in [1.82, 2.24) is 0 Å². The van der Waals surface area contributed by atoms with Gasteiger partial charge in [0.05, 0.1) is 0 Å². The molecule has 10 heteroatoms.